The molecule has 0 aliphatic carbocycles. The molecule has 4 heteroatoms. The summed E-state index contributed by atoms with van der Waals surface area (Å²) >= 11 is 0. The van der Waals surface area contributed by atoms with Crippen LogP contribution < -0.4 is 0 Å². The highest BCUT2D eigenvalue weighted by atomic mass is 16.6. The predicted octanol–water partition coefficient (Wildman–Crippen LogP) is 0.891. The lowest BCUT2D eigenvalue weighted by Crippen LogP contribution is -2.21. The van der Waals surface area contributed by atoms with Gasteiger partial charge in [0.2, 0.25) is 0 Å². The van der Waals surface area contributed by atoms with Gasteiger partial charge in [0.15, 0.2) is 0 Å². The number of carbonyl (C=O) groups is 2. The quantitative estimate of drug-likeness (QED) is 0.614. The van der Waals surface area contributed by atoms with Crippen LogP contribution in [0.15, 0.2) is 0 Å². The van der Waals surface area contributed by atoms with Crippen LogP contribution in [0.4, 0.5) is 0 Å². The molecule has 74 valence electrons. The van der Waals surface area contributed by atoms with E-state index in [-0.39, 0.29) is 24.0 Å². The lowest BCUT2D eigenvalue weighted by molar-refractivity contribution is -0.143. The number of hydrogen-bond acceptors (Lipinski definition) is 4. The van der Waals surface area contributed by atoms with Gasteiger partial charge < -0.3 is 9.47 Å². The molecule has 0 saturated carbocycles. The largest absolute Gasteiger partial charge is 0.465 e. The molecule has 0 aromatic rings. The Bertz CT molecular complexity index is 212. The molecule has 4 nitrogen and oxygen atoms in total. The van der Waals surface area contributed by atoms with Crippen molar-refractivity contribution < 1.29 is 19.1 Å². The Kier molecular flexibility index (Phi) is 3.28. The third-order valence-electron chi connectivity index (χ3n) is 2.14. The van der Waals surface area contributed by atoms with Crippen molar-refractivity contribution in [2.45, 2.75) is 32.8 Å². The lowest BCUT2D eigenvalue weighted by atomic mass is 10.0. The summed E-state index contributed by atoms with van der Waals surface area (Å²) < 4.78 is 9.86. The number of ether oxygens (including phenoxy) is 2. The Balaban J connectivity index is 2.39. The normalized spacial score (nSPS) is 27.1. The maximum Gasteiger partial charge on any atom is 0.306 e. The molecule has 0 radical (unpaired) electrons. The van der Waals surface area contributed by atoms with Gasteiger partial charge in [-0.05, 0) is 6.42 Å². The van der Waals surface area contributed by atoms with E-state index >= 15 is 0 Å². The van der Waals surface area contributed by atoms with Crippen LogP contribution in [0.5, 0.6) is 0 Å². The summed E-state index contributed by atoms with van der Waals surface area (Å²) in [6.07, 6.45) is 1.07. The number of cyclic esters (lactones) is 1. The standard InChI is InChI=1S/C9H14O4/c1-3-8-7(4-9(11)13-8)5-12-6(2)10/h7-8H,3-5H2,1-2H3/t7-,8-/m1/s1. The molecular weight excluding hydrogens is 172 g/mol. The minimum Gasteiger partial charge on any atom is -0.465 e. The predicted molar refractivity (Wildman–Crippen MR) is 44.9 cm³/mol. The molecule has 0 aromatic heterocycles. The van der Waals surface area contributed by atoms with Crippen molar-refractivity contribution in [1.82, 2.24) is 0 Å². The second kappa shape index (κ2) is 4.25. The lowest BCUT2D eigenvalue weighted by Gasteiger charge is -2.14. The Hall–Kier alpha value is -1.06. The highest BCUT2D eigenvalue weighted by Crippen LogP contribution is 2.24. The molecule has 1 aliphatic rings. The Morgan fingerprint density at radius 2 is 2.38 bits per heavy atom. The molecule has 0 aromatic carbocycles. The Morgan fingerprint density at radius 3 is 2.92 bits per heavy atom. The second-order valence-corrected chi connectivity index (χ2v) is 3.20. The third-order valence-corrected chi connectivity index (χ3v) is 2.14. The zero-order chi connectivity index (χ0) is 9.84. The molecule has 0 spiro atoms. The van der Waals surface area contributed by atoms with Gasteiger partial charge in [-0.1, -0.05) is 6.92 Å². The first-order valence-electron chi connectivity index (χ1n) is 4.46. The van der Waals surface area contributed by atoms with Crippen LogP contribution in [0, 0.1) is 5.92 Å². The summed E-state index contributed by atoms with van der Waals surface area (Å²) in [5, 5.41) is 0. The Labute approximate surface area is 77.2 Å². The summed E-state index contributed by atoms with van der Waals surface area (Å²) in [6.45, 7) is 3.60. The number of carbonyl (C=O) groups excluding carboxylic acids is 2. The van der Waals surface area contributed by atoms with Crippen LogP contribution >= 0.6 is 0 Å². The fourth-order valence-corrected chi connectivity index (χ4v) is 1.47. The van der Waals surface area contributed by atoms with Crippen molar-refractivity contribution in [2.24, 2.45) is 5.92 Å². The van der Waals surface area contributed by atoms with Gasteiger partial charge in [-0.25, -0.2) is 0 Å². The summed E-state index contributed by atoms with van der Waals surface area (Å²) in [5.41, 5.74) is 0. The van der Waals surface area contributed by atoms with Crippen LogP contribution in [0.2, 0.25) is 0 Å². The van der Waals surface area contributed by atoms with Crippen LogP contribution in [-0.4, -0.2) is 24.6 Å². The van der Waals surface area contributed by atoms with Gasteiger partial charge in [-0.2, -0.15) is 0 Å². The number of esters is 2. The topological polar surface area (TPSA) is 52.6 Å². The summed E-state index contributed by atoms with van der Waals surface area (Å²) in [4.78, 5) is 21.4. The smallest absolute Gasteiger partial charge is 0.306 e. The van der Waals surface area contributed by atoms with Gasteiger partial charge in [0.25, 0.3) is 0 Å². The highest BCUT2D eigenvalue weighted by molar-refractivity contribution is 5.72. The summed E-state index contributed by atoms with van der Waals surface area (Å²) in [5.74, 6) is -0.459. The van der Waals surface area contributed by atoms with E-state index in [1.165, 1.54) is 6.92 Å². The molecule has 1 aliphatic heterocycles. The van der Waals surface area contributed by atoms with Gasteiger partial charge >= 0.3 is 11.9 Å². The van der Waals surface area contributed by atoms with E-state index < -0.39 is 0 Å². The Morgan fingerprint density at radius 1 is 1.69 bits per heavy atom. The van der Waals surface area contributed by atoms with Crippen molar-refractivity contribution >= 4 is 11.9 Å². The van der Waals surface area contributed by atoms with Crippen LogP contribution in [0.1, 0.15) is 26.7 Å². The van der Waals surface area contributed by atoms with Gasteiger partial charge in [-0.3, -0.25) is 9.59 Å². The maximum absolute atomic E-state index is 10.9. The number of hydrogen-bond donors (Lipinski definition) is 0. The van der Waals surface area contributed by atoms with E-state index in [0.29, 0.717) is 13.0 Å². The molecule has 1 saturated heterocycles. The molecule has 0 amide bonds. The fraction of sp³-hybridized carbons (Fsp3) is 0.778. The van der Waals surface area contributed by atoms with Gasteiger partial charge in [0.1, 0.15) is 6.10 Å². The molecule has 0 N–H and O–H groups in total. The zero-order valence-electron chi connectivity index (χ0n) is 7.91. The monoisotopic (exact) mass is 186 g/mol. The van der Waals surface area contributed by atoms with Gasteiger partial charge in [0.05, 0.1) is 13.0 Å². The third kappa shape index (κ3) is 2.72. The molecular formula is C9H14O4. The van der Waals surface area contributed by atoms with E-state index in [2.05, 4.69) is 0 Å². The molecule has 13 heavy (non-hydrogen) atoms. The van der Waals surface area contributed by atoms with Gasteiger partial charge in [-0.15, -0.1) is 0 Å². The van der Waals surface area contributed by atoms with E-state index in [4.69, 9.17) is 9.47 Å². The van der Waals surface area contributed by atoms with Crippen molar-refractivity contribution in [2.75, 3.05) is 6.61 Å². The van der Waals surface area contributed by atoms with Crippen molar-refractivity contribution in [3.05, 3.63) is 0 Å². The fourth-order valence-electron chi connectivity index (χ4n) is 1.47. The first-order chi connectivity index (χ1) is 6.13. The molecule has 1 rings (SSSR count). The van der Waals surface area contributed by atoms with E-state index in [9.17, 15) is 9.59 Å². The molecule has 1 heterocycles. The van der Waals surface area contributed by atoms with Crippen LogP contribution in [0.25, 0.3) is 0 Å². The highest BCUT2D eigenvalue weighted by Gasteiger charge is 2.33. The maximum atomic E-state index is 10.9. The van der Waals surface area contributed by atoms with Crippen LogP contribution in [0.3, 0.4) is 0 Å². The molecule has 1 fully saturated rings. The van der Waals surface area contributed by atoms with E-state index in [1.54, 1.807) is 0 Å². The van der Waals surface area contributed by atoms with E-state index in [1.807, 2.05) is 6.92 Å². The van der Waals surface area contributed by atoms with Crippen LogP contribution in [-0.2, 0) is 19.1 Å². The van der Waals surface area contributed by atoms with Crippen molar-refractivity contribution in [3.63, 3.8) is 0 Å². The molecule has 0 bridgehead atoms. The minimum atomic E-state index is -0.311. The minimum absolute atomic E-state index is 0.0430. The molecule has 0 unspecified atom stereocenters. The zero-order valence-corrected chi connectivity index (χ0v) is 7.91. The first kappa shape index (κ1) is 10.0. The summed E-state index contributed by atoms with van der Waals surface area (Å²) in [7, 11) is 0. The average Bonchev–Trinajstić information content (AvgIpc) is 2.42. The first-order valence-corrected chi connectivity index (χ1v) is 4.46. The van der Waals surface area contributed by atoms with Crippen molar-refractivity contribution in [1.29, 1.82) is 0 Å². The van der Waals surface area contributed by atoms with Crippen molar-refractivity contribution in [3.8, 4) is 0 Å². The van der Waals surface area contributed by atoms with E-state index in [0.717, 1.165) is 6.42 Å². The summed E-state index contributed by atoms with van der Waals surface area (Å²) in [6, 6.07) is 0. The van der Waals surface area contributed by atoms with Gasteiger partial charge in [0, 0.05) is 12.8 Å². The molecule has 2 atom stereocenters. The number of rotatable bonds is 3. The second-order valence-electron chi connectivity index (χ2n) is 3.20. The SMILES string of the molecule is CC[C@H]1OC(=O)C[C@@H]1COC(C)=O. The average molecular weight is 186 g/mol.